The van der Waals surface area contributed by atoms with Crippen molar-refractivity contribution in [2.24, 2.45) is 10.9 Å². The van der Waals surface area contributed by atoms with Crippen molar-refractivity contribution in [3.05, 3.63) is 47.0 Å². The molecular formula is C23H32F2N2. The number of allylic oxidation sites excluding steroid dienone is 1. The van der Waals surface area contributed by atoms with Gasteiger partial charge in [-0.1, -0.05) is 43.7 Å². The van der Waals surface area contributed by atoms with E-state index in [1.807, 2.05) is 6.21 Å². The molecule has 1 aliphatic heterocycles. The van der Waals surface area contributed by atoms with Crippen molar-refractivity contribution in [1.82, 2.24) is 4.90 Å². The lowest BCUT2D eigenvalue weighted by atomic mass is 9.79. The van der Waals surface area contributed by atoms with Gasteiger partial charge in [0.2, 0.25) is 5.92 Å². The van der Waals surface area contributed by atoms with E-state index in [2.05, 4.69) is 54.1 Å². The summed E-state index contributed by atoms with van der Waals surface area (Å²) >= 11 is 0. The SMILES string of the molecule is CCC/C=C(\C=NCCC1CC(F)(F)C1)C(C)N1CCc2ccccc2C1. The molecule has 1 saturated carbocycles. The van der Waals surface area contributed by atoms with Crippen molar-refractivity contribution < 1.29 is 8.78 Å². The van der Waals surface area contributed by atoms with Crippen molar-refractivity contribution in [3.8, 4) is 0 Å². The van der Waals surface area contributed by atoms with Gasteiger partial charge in [-0.25, -0.2) is 8.78 Å². The third-order valence-electron chi connectivity index (χ3n) is 5.94. The van der Waals surface area contributed by atoms with Crippen LogP contribution in [0.2, 0.25) is 0 Å². The Balaban J connectivity index is 1.56. The van der Waals surface area contributed by atoms with Crippen LogP contribution < -0.4 is 0 Å². The normalized spacial score (nSPS) is 21.9. The first-order chi connectivity index (χ1) is 13.0. The zero-order chi connectivity index (χ0) is 19.3. The quantitative estimate of drug-likeness (QED) is 0.536. The Hall–Kier alpha value is -1.55. The Morgan fingerprint density at radius 3 is 2.74 bits per heavy atom. The third kappa shape index (κ3) is 5.47. The molecule has 1 atom stereocenters. The van der Waals surface area contributed by atoms with Gasteiger partial charge in [-0.15, -0.1) is 0 Å². The molecule has 0 N–H and O–H groups in total. The molecule has 1 aromatic carbocycles. The van der Waals surface area contributed by atoms with Crippen LogP contribution in [0.15, 0.2) is 40.9 Å². The maximum absolute atomic E-state index is 12.9. The number of hydrogen-bond donors (Lipinski definition) is 0. The first-order valence-electron chi connectivity index (χ1n) is 10.4. The molecule has 0 aromatic heterocycles. The Kier molecular flexibility index (Phi) is 6.80. The highest BCUT2D eigenvalue weighted by Gasteiger charge is 2.44. The van der Waals surface area contributed by atoms with Crippen molar-refractivity contribution in [2.45, 2.75) is 70.9 Å². The summed E-state index contributed by atoms with van der Waals surface area (Å²) in [6.45, 7) is 7.13. The van der Waals surface area contributed by atoms with Crippen molar-refractivity contribution in [2.75, 3.05) is 13.1 Å². The summed E-state index contributed by atoms with van der Waals surface area (Å²) in [4.78, 5) is 7.11. The second-order valence-electron chi connectivity index (χ2n) is 8.11. The largest absolute Gasteiger partial charge is 0.293 e. The number of halogens is 2. The van der Waals surface area contributed by atoms with E-state index in [4.69, 9.17) is 0 Å². The van der Waals surface area contributed by atoms with Crippen molar-refractivity contribution >= 4 is 6.21 Å². The number of alkyl halides is 2. The van der Waals surface area contributed by atoms with Crippen LogP contribution >= 0.6 is 0 Å². The molecule has 0 bridgehead atoms. The van der Waals surface area contributed by atoms with E-state index < -0.39 is 5.92 Å². The van der Waals surface area contributed by atoms with Gasteiger partial charge in [0.1, 0.15) is 0 Å². The monoisotopic (exact) mass is 374 g/mol. The van der Waals surface area contributed by atoms with Gasteiger partial charge in [0.25, 0.3) is 0 Å². The summed E-state index contributed by atoms with van der Waals surface area (Å²) in [6.07, 6.45) is 8.42. The molecule has 1 fully saturated rings. The average molecular weight is 375 g/mol. The van der Waals surface area contributed by atoms with Crippen LogP contribution in [0.5, 0.6) is 0 Å². The van der Waals surface area contributed by atoms with Crippen molar-refractivity contribution in [1.29, 1.82) is 0 Å². The number of rotatable bonds is 8. The number of fused-ring (bicyclic) bond motifs is 1. The second kappa shape index (κ2) is 9.09. The predicted molar refractivity (Wildman–Crippen MR) is 109 cm³/mol. The molecule has 148 valence electrons. The first-order valence-corrected chi connectivity index (χ1v) is 10.4. The Labute approximate surface area is 162 Å². The van der Waals surface area contributed by atoms with Gasteiger partial charge in [0.05, 0.1) is 0 Å². The summed E-state index contributed by atoms with van der Waals surface area (Å²) in [6, 6.07) is 9.02. The van der Waals surface area contributed by atoms with E-state index >= 15 is 0 Å². The fraction of sp³-hybridized carbons (Fsp3) is 0.609. The number of unbranched alkanes of at least 4 members (excludes halogenated alkanes) is 1. The van der Waals surface area contributed by atoms with Gasteiger partial charge in [-0.05, 0) is 48.8 Å². The highest BCUT2D eigenvalue weighted by atomic mass is 19.3. The number of aliphatic imine (C=N–C) groups is 1. The lowest BCUT2D eigenvalue weighted by molar-refractivity contribution is -0.111. The number of nitrogens with zero attached hydrogens (tertiary/aromatic N) is 2. The summed E-state index contributed by atoms with van der Waals surface area (Å²) in [5.74, 6) is -2.27. The maximum atomic E-state index is 12.9. The van der Waals surface area contributed by atoms with E-state index in [9.17, 15) is 8.78 Å². The maximum Gasteiger partial charge on any atom is 0.248 e. The number of hydrogen-bond acceptors (Lipinski definition) is 2. The molecule has 1 unspecified atom stereocenters. The Bertz CT molecular complexity index is 673. The van der Waals surface area contributed by atoms with Crippen LogP contribution in [0, 0.1) is 5.92 Å². The molecule has 2 nitrogen and oxygen atoms in total. The topological polar surface area (TPSA) is 15.6 Å². The smallest absolute Gasteiger partial charge is 0.248 e. The molecule has 1 aromatic rings. The van der Waals surface area contributed by atoms with Crippen LogP contribution in [0.25, 0.3) is 0 Å². The van der Waals surface area contributed by atoms with Gasteiger partial charge in [0.15, 0.2) is 0 Å². The molecule has 2 aliphatic rings. The third-order valence-corrected chi connectivity index (χ3v) is 5.94. The molecule has 0 radical (unpaired) electrons. The van der Waals surface area contributed by atoms with Gasteiger partial charge in [0, 0.05) is 44.7 Å². The number of benzene rings is 1. The highest BCUT2D eigenvalue weighted by molar-refractivity contribution is 5.80. The molecule has 4 heteroatoms. The molecule has 1 aliphatic carbocycles. The summed E-state index contributed by atoms with van der Waals surface area (Å²) in [5.41, 5.74) is 4.15. The molecule has 0 amide bonds. The minimum Gasteiger partial charge on any atom is -0.293 e. The lowest BCUT2D eigenvalue weighted by Crippen LogP contribution is -2.39. The van der Waals surface area contributed by atoms with Crippen LogP contribution in [0.1, 0.15) is 57.1 Å². The molecule has 27 heavy (non-hydrogen) atoms. The van der Waals surface area contributed by atoms with E-state index in [1.54, 1.807) is 0 Å². The van der Waals surface area contributed by atoms with E-state index in [1.165, 1.54) is 16.7 Å². The highest BCUT2D eigenvalue weighted by Crippen LogP contribution is 2.43. The lowest BCUT2D eigenvalue weighted by Gasteiger charge is -2.35. The first kappa shape index (κ1) is 20.2. The van der Waals surface area contributed by atoms with Gasteiger partial charge < -0.3 is 0 Å². The van der Waals surface area contributed by atoms with E-state index in [0.29, 0.717) is 12.6 Å². The Morgan fingerprint density at radius 1 is 1.30 bits per heavy atom. The van der Waals surface area contributed by atoms with Crippen molar-refractivity contribution in [3.63, 3.8) is 0 Å². The van der Waals surface area contributed by atoms with Gasteiger partial charge >= 0.3 is 0 Å². The van der Waals surface area contributed by atoms with Crippen LogP contribution in [0.3, 0.4) is 0 Å². The fourth-order valence-electron chi connectivity index (χ4n) is 4.12. The fourth-order valence-corrected chi connectivity index (χ4v) is 4.12. The standard InChI is InChI=1S/C23H32F2N2/c1-3-4-7-21(16-26-12-10-19-14-23(24,25)15-19)18(2)27-13-11-20-8-5-6-9-22(20)17-27/h5-9,16,18-19H,3-4,10-15,17H2,1-2H3/b21-7+,26-16?. The summed E-state index contributed by atoms with van der Waals surface area (Å²) in [5, 5.41) is 0. The second-order valence-corrected chi connectivity index (χ2v) is 8.11. The summed E-state index contributed by atoms with van der Waals surface area (Å²) in [7, 11) is 0. The van der Waals surface area contributed by atoms with E-state index in [-0.39, 0.29) is 18.8 Å². The molecular weight excluding hydrogens is 342 g/mol. The molecule has 0 spiro atoms. The summed E-state index contributed by atoms with van der Waals surface area (Å²) < 4.78 is 25.9. The van der Waals surface area contributed by atoms with Gasteiger partial charge in [-0.3, -0.25) is 9.89 Å². The minimum absolute atomic E-state index is 0.0463. The molecule has 3 rings (SSSR count). The predicted octanol–water partition coefficient (Wildman–Crippen LogP) is 5.67. The van der Waals surface area contributed by atoms with E-state index in [0.717, 1.165) is 38.8 Å². The zero-order valence-corrected chi connectivity index (χ0v) is 16.6. The zero-order valence-electron chi connectivity index (χ0n) is 16.6. The Morgan fingerprint density at radius 2 is 2.04 bits per heavy atom. The van der Waals surface area contributed by atoms with Gasteiger partial charge in [-0.2, -0.15) is 0 Å². The van der Waals surface area contributed by atoms with Crippen LogP contribution in [-0.4, -0.2) is 36.2 Å². The molecule has 0 saturated heterocycles. The van der Waals surface area contributed by atoms with Crippen LogP contribution in [-0.2, 0) is 13.0 Å². The molecule has 1 heterocycles. The minimum atomic E-state index is -2.42. The van der Waals surface area contributed by atoms with Crippen LogP contribution in [0.4, 0.5) is 8.78 Å². The average Bonchev–Trinajstić information content (AvgIpc) is 2.65.